The Kier molecular flexibility index (Phi) is 3.42. The van der Waals surface area contributed by atoms with E-state index in [1.165, 1.54) is 0 Å². The number of rotatable bonds is 3. The van der Waals surface area contributed by atoms with Gasteiger partial charge < -0.3 is 9.90 Å². The molecule has 0 unspecified atom stereocenters. The van der Waals surface area contributed by atoms with Gasteiger partial charge in [-0.3, -0.25) is 4.90 Å². The van der Waals surface area contributed by atoms with Crippen molar-refractivity contribution in [2.24, 2.45) is 0 Å². The largest absolute Gasteiger partial charge is 0.391 e. The molecule has 0 bridgehead atoms. The normalized spacial score (nSPS) is 17.4. The average Bonchev–Trinajstić information content (AvgIpc) is 1.64. The van der Waals surface area contributed by atoms with Gasteiger partial charge in [-0.25, -0.2) is 0 Å². The maximum Gasteiger partial charge on any atom is 0.139 e. The standard InChI is InChI=1S/C6H13NO2/c1-5(9)6(4-8)7(2)3/h4-6,9H,1-3H3/t5-,6-/m1/s1. The molecule has 0 aromatic carbocycles. The van der Waals surface area contributed by atoms with Crippen molar-refractivity contribution >= 4 is 6.29 Å². The van der Waals surface area contributed by atoms with Crippen molar-refractivity contribution < 1.29 is 9.90 Å². The molecule has 0 aliphatic heterocycles. The highest BCUT2D eigenvalue weighted by Crippen LogP contribution is 1.94. The summed E-state index contributed by atoms with van der Waals surface area (Å²) in [5, 5.41) is 8.91. The minimum Gasteiger partial charge on any atom is -0.391 e. The molecule has 0 spiro atoms. The van der Waals surface area contributed by atoms with Gasteiger partial charge in [0.2, 0.25) is 0 Å². The minimum atomic E-state index is -0.586. The Morgan fingerprint density at radius 2 is 2.00 bits per heavy atom. The van der Waals surface area contributed by atoms with E-state index in [4.69, 9.17) is 5.11 Å². The fourth-order valence-electron chi connectivity index (χ4n) is 0.667. The van der Waals surface area contributed by atoms with Crippen LogP contribution in [0.25, 0.3) is 0 Å². The van der Waals surface area contributed by atoms with Crippen LogP contribution in [0.1, 0.15) is 6.92 Å². The Labute approximate surface area is 55.3 Å². The first-order chi connectivity index (χ1) is 4.09. The molecule has 9 heavy (non-hydrogen) atoms. The second kappa shape index (κ2) is 3.58. The Balaban J connectivity index is 3.82. The maximum absolute atomic E-state index is 10.2. The van der Waals surface area contributed by atoms with E-state index in [1.807, 2.05) is 0 Å². The van der Waals surface area contributed by atoms with Crippen LogP contribution in [0.5, 0.6) is 0 Å². The number of hydrogen-bond acceptors (Lipinski definition) is 3. The van der Waals surface area contributed by atoms with Gasteiger partial charge in [0.1, 0.15) is 6.29 Å². The molecule has 2 atom stereocenters. The molecule has 0 aromatic heterocycles. The predicted molar refractivity (Wildman–Crippen MR) is 35.2 cm³/mol. The Morgan fingerprint density at radius 1 is 1.56 bits per heavy atom. The second-order valence-corrected chi connectivity index (χ2v) is 2.33. The molecule has 0 rings (SSSR count). The smallest absolute Gasteiger partial charge is 0.139 e. The van der Waals surface area contributed by atoms with Crippen LogP contribution in [0.2, 0.25) is 0 Å². The summed E-state index contributed by atoms with van der Waals surface area (Å²) in [6.45, 7) is 1.60. The summed E-state index contributed by atoms with van der Waals surface area (Å²) in [5.74, 6) is 0. The first-order valence-electron chi connectivity index (χ1n) is 2.89. The molecule has 0 aromatic rings. The van der Waals surface area contributed by atoms with E-state index in [-0.39, 0.29) is 6.04 Å². The molecule has 3 nitrogen and oxygen atoms in total. The molecular formula is C6H13NO2. The minimum absolute atomic E-state index is 0.370. The summed E-state index contributed by atoms with van der Waals surface area (Å²) in [6, 6.07) is -0.370. The van der Waals surface area contributed by atoms with Crippen LogP contribution < -0.4 is 0 Å². The third kappa shape index (κ3) is 2.58. The zero-order valence-electron chi connectivity index (χ0n) is 6.03. The summed E-state index contributed by atoms with van der Waals surface area (Å²) in [6.07, 6.45) is 0.155. The fraction of sp³-hybridized carbons (Fsp3) is 0.833. The molecule has 54 valence electrons. The van der Waals surface area contributed by atoms with E-state index in [0.29, 0.717) is 0 Å². The highest BCUT2D eigenvalue weighted by Gasteiger charge is 2.14. The van der Waals surface area contributed by atoms with E-state index in [9.17, 15) is 4.79 Å². The number of aldehydes is 1. The second-order valence-electron chi connectivity index (χ2n) is 2.33. The third-order valence-electron chi connectivity index (χ3n) is 1.23. The number of nitrogens with zero attached hydrogens (tertiary/aromatic N) is 1. The lowest BCUT2D eigenvalue weighted by Crippen LogP contribution is -2.38. The lowest BCUT2D eigenvalue weighted by molar-refractivity contribution is -0.114. The van der Waals surface area contributed by atoms with Gasteiger partial charge in [0.25, 0.3) is 0 Å². The van der Waals surface area contributed by atoms with Crippen molar-refractivity contribution in [1.82, 2.24) is 4.90 Å². The number of hydrogen-bond donors (Lipinski definition) is 1. The highest BCUT2D eigenvalue weighted by molar-refractivity contribution is 5.58. The first-order valence-corrected chi connectivity index (χ1v) is 2.89. The topological polar surface area (TPSA) is 40.5 Å². The van der Waals surface area contributed by atoms with Crippen molar-refractivity contribution in [2.45, 2.75) is 19.1 Å². The van der Waals surface area contributed by atoms with Crippen molar-refractivity contribution in [1.29, 1.82) is 0 Å². The molecule has 0 aliphatic carbocycles. The van der Waals surface area contributed by atoms with Crippen molar-refractivity contribution in [2.75, 3.05) is 14.1 Å². The molecule has 3 heteroatoms. The molecule has 0 amide bonds. The summed E-state index contributed by atoms with van der Waals surface area (Å²) in [5.41, 5.74) is 0. The summed E-state index contributed by atoms with van der Waals surface area (Å²) >= 11 is 0. The van der Waals surface area contributed by atoms with Crippen LogP contribution in [0.3, 0.4) is 0 Å². The highest BCUT2D eigenvalue weighted by atomic mass is 16.3. The fourth-order valence-corrected chi connectivity index (χ4v) is 0.667. The van der Waals surface area contributed by atoms with Crippen LogP contribution in [0, 0.1) is 0 Å². The van der Waals surface area contributed by atoms with Crippen molar-refractivity contribution in [3.63, 3.8) is 0 Å². The Bertz CT molecular complexity index is 83.1. The van der Waals surface area contributed by atoms with Gasteiger partial charge in [0.05, 0.1) is 12.1 Å². The van der Waals surface area contributed by atoms with Crippen LogP contribution in [0.15, 0.2) is 0 Å². The van der Waals surface area contributed by atoms with Gasteiger partial charge in [-0.1, -0.05) is 0 Å². The van der Waals surface area contributed by atoms with Crippen LogP contribution in [-0.2, 0) is 4.79 Å². The van der Waals surface area contributed by atoms with Crippen LogP contribution in [-0.4, -0.2) is 42.5 Å². The van der Waals surface area contributed by atoms with E-state index in [2.05, 4.69) is 0 Å². The molecule has 1 N–H and O–H groups in total. The maximum atomic E-state index is 10.2. The summed E-state index contributed by atoms with van der Waals surface area (Å²) < 4.78 is 0. The number of likely N-dealkylation sites (N-methyl/N-ethyl adjacent to an activating group) is 1. The van der Waals surface area contributed by atoms with Gasteiger partial charge in [-0.2, -0.15) is 0 Å². The Morgan fingerprint density at radius 3 is 2.00 bits per heavy atom. The quantitative estimate of drug-likeness (QED) is 0.525. The molecule has 0 aliphatic rings. The lowest BCUT2D eigenvalue weighted by atomic mass is 10.2. The number of aliphatic hydroxyl groups excluding tert-OH is 1. The number of aliphatic hydroxyl groups is 1. The molecular weight excluding hydrogens is 118 g/mol. The van der Waals surface area contributed by atoms with Crippen molar-refractivity contribution in [3.8, 4) is 0 Å². The SMILES string of the molecule is C[C@@H](O)[C@@H](C=O)N(C)C. The van der Waals surface area contributed by atoms with Crippen LogP contribution >= 0.6 is 0 Å². The van der Waals surface area contributed by atoms with E-state index < -0.39 is 6.10 Å². The molecule has 0 saturated carbocycles. The molecule has 0 saturated heterocycles. The summed E-state index contributed by atoms with van der Waals surface area (Å²) in [7, 11) is 3.51. The van der Waals surface area contributed by atoms with Gasteiger partial charge in [-0.15, -0.1) is 0 Å². The zero-order valence-corrected chi connectivity index (χ0v) is 6.03. The molecule has 0 fully saturated rings. The first kappa shape index (κ1) is 8.59. The molecule has 0 radical (unpaired) electrons. The van der Waals surface area contributed by atoms with Gasteiger partial charge in [0.15, 0.2) is 0 Å². The van der Waals surface area contributed by atoms with Gasteiger partial charge in [0, 0.05) is 0 Å². The van der Waals surface area contributed by atoms with E-state index >= 15 is 0 Å². The van der Waals surface area contributed by atoms with Crippen LogP contribution in [0.4, 0.5) is 0 Å². The Hall–Kier alpha value is -0.410. The monoisotopic (exact) mass is 131 g/mol. The van der Waals surface area contributed by atoms with E-state index in [0.717, 1.165) is 6.29 Å². The summed E-state index contributed by atoms with van der Waals surface area (Å²) in [4.78, 5) is 11.9. The molecule has 0 heterocycles. The van der Waals surface area contributed by atoms with Gasteiger partial charge >= 0.3 is 0 Å². The number of carbonyl (C=O) groups excluding carboxylic acids is 1. The lowest BCUT2D eigenvalue weighted by Gasteiger charge is -2.20. The zero-order chi connectivity index (χ0) is 7.44. The number of carbonyl (C=O) groups is 1. The van der Waals surface area contributed by atoms with E-state index in [1.54, 1.807) is 25.9 Å². The van der Waals surface area contributed by atoms with Gasteiger partial charge in [-0.05, 0) is 21.0 Å². The third-order valence-corrected chi connectivity index (χ3v) is 1.23. The van der Waals surface area contributed by atoms with Crippen molar-refractivity contribution in [3.05, 3.63) is 0 Å². The predicted octanol–water partition coefficient (Wildman–Crippen LogP) is -0.504. The average molecular weight is 131 g/mol.